The zero-order valence-electron chi connectivity index (χ0n) is 12.3. The van der Waals surface area contributed by atoms with E-state index in [2.05, 4.69) is 12.2 Å². The van der Waals surface area contributed by atoms with Crippen LogP contribution in [0.25, 0.3) is 10.8 Å². The van der Waals surface area contributed by atoms with Gasteiger partial charge in [-0.25, -0.2) is 0 Å². The summed E-state index contributed by atoms with van der Waals surface area (Å²) < 4.78 is 5.56. The summed E-state index contributed by atoms with van der Waals surface area (Å²) in [5.41, 5.74) is 0.717. The summed E-state index contributed by atoms with van der Waals surface area (Å²) in [5, 5.41) is 14.4. The van der Waals surface area contributed by atoms with Crippen molar-refractivity contribution in [2.24, 2.45) is 0 Å². The van der Waals surface area contributed by atoms with E-state index in [0.29, 0.717) is 12.3 Å². The summed E-state index contributed by atoms with van der Waals surface area (Å²) in [6.07, 6.45) is 2.00. The van der Waals surface area contributed by atoms with Gasteiger partial charge in [0.25, 0.3) is 5.91 Å². The second-order valence-corrected chi connectivity index (χ2v) is 4.91. The molecule has 112 valence electrons. The molecule has 0 unspecified atom stereocenters. The number of carbonyl (C=O) groups excluding carboxylic acids is 1. The number of aliphatic hydroxyl groups is 1. The van der Waals surface area contributed by atoms with Gasteiger partial charge >= 0.3 is 0 Å². The van der Waals surface area contributed by atoms with Crippen molar-refractivity contribution >= 4 is 16.7 Å². The summed E-state index contributed by atoms with van der Waals surface area (Å²) in [4.78, 5) is 11.7. The van der Waals surface area contributed by atoms with E-state index in [1.165, 1.54) is 0 Å². The molecule has 4 heteroatoms. The average Bonchev–Trinajstić information content (AvgIpc) is 2.52. The van der Waals surface area contributed by atoms with Crippen LogP contribution in [0.5, 0.6) is 5.75 Å². The Hall–Kier alpha value is -2.07. The lowest BCUT2D eigenvalue weighted by molar-refractivity contribution is -0.123. The standard InChI is InChI=1S/C17H21NO3/c1-2-3-10-18-17(20)12-21-16-9-8-13-6-4-5-7-14(13)15(16)11-19/h4-9,19H,2-3,10-12H2,1H3,(H,18,20). The van der Waals surface area contributed by atoms with Crippen LogP contribution >= 0.6 is 0 Å². The van der Waals surface area contributed by atoms with E-state index in [-0.39, 0.29) is 19.1 Å². The lowest BCUT2D eigenvalue weighted by Crippen LogP contribution is -2.29. The maximum atomic E-state index is 11.7. The number of carbonyl (C=O) groups is 1. The van der Waals surface area contributed by atoms with E-state index in [0.717, 1.165) is 29.2 Å². The predicted octanol–water partition coefficient (Wildman–Crippen LogP) is 2.63. The Balaban J connectivity index is 2.06. The molecule has 2 N–H and O–H groups in total. The van der Waals surface area contributed by atoms with E-state index < -0.39 is 0 Å². The molecule has 2 rings (SSSR count). The topological polar surface area (TPSA) is 58.6 Å². The molecule has 0 aliphatic heterocycles. The van der Waals surface area contributed by atoms with Crippen molar-refractivity contribution in [3.8, 4) is 5.75 Å². The summed E-state index contributed by atoms with van der Waals surface area (Å²) in [5.74, 6) is 0.419. The lowest BCUT2D eigenvalue weighted by Gasteiger charge is -2.12. The predicted molar refractivity (Wildman–Crippen MR) is 83.3 cm³/mol. The average molecular weight is 287 g/mol. The molecule has 0 radical (unpaired) electrons. The number of amides is 1. The van der Waals surface area contributed by atoms with Crippen LogP contribution in [-0.2, 0) is 11.4 Å². The third-order valence-electron chi connectivity index (χ3n) is 3.37. The third kappa shape index (κ3) is 3.95. The molecule has 1 amide bonds. The van der Waals surface area contributed by atoms with Crippen molar-refractivity contribution in [2.75, 3.05) is 13.2 Å². The highest BCUT2D eigenvalue weighted by atomic mass is 16.5. The largest absolute Gasteiger partial charge is 0.483 e. The van der Waals surface area contributed by atoms with Crippen LogP contribution in [0.3, 0.4) is 0 Å². The van der Waals surface area contributed by atoms with Gasteiger partial charge < -0.3 is 15.2 Å². The Morgan fingerprint density at radius 2 is 2.05 bits per heavy atom. The third-order valence-corrected chi connectivity index (χ3v) is 3.37. The van der Waals surface area contributed by atoms with Gasteiger partial charge in [-0.15, -0.1) is 0 Å². The minimum absolute atomic E-state index is 0.0327. The van der Waals surface area contributed by atoms with Gasteiger partial charge in [-0.2, -0.15) is 0 Å². The number of benzene rings is 2. The van der Waals surface area contributed by atoms with Gasteiger partial charge in [-0.1, -0.05) is 43.7 Å². The number of hydrogen-bond acceptors (Lipinski definition) is 3. The first-order chi connectivity index (χ1) is 10.3. The number of hydrogen-bond donors (Lipinski definition) is 2. The van der Waals surface area contributed by atoms with E-state index >= 15 is 0 Å². The molecule has 0 fully saturated rings. The highest BCUT2D eigenvalue weighted by molar-refractivity contribution is 5.87. The van der Waals surface area contributed by atoms with Gasteiger partial charge in [0.1, 0.15) is 5.75 Å². The molecule has 0 aliphatic rings. The van der Waals surface area contributed by atoms with Gasteiger partial charge in [-0.05, 0) is 23.3 Å². The number of unbranched alkanes of at least 4 members (excludes halogenated alkanes) is 1. The second kappa shape index (κ2) is 7.64. The smallest absolute Gasteiger partial charge is 0.257 e. The van der Waals surface area contributed by atoms with E-state index in [1.54, 1.807) is 6.07 Å². The molecular formula is C17H21NO3. The molecule has 0 heterocycles. The van der Waals surface area contributed by atoms with Crippen molar-refractivity contribution in [1.29, 1.82) is 0 Å². The maximum Gasteiger partial charge on any atom is 0.257 e. The van der Waals surface area contributed by atoms with Gasteiger partial charge in [0.15, 0.2) is 6.61 Å². The quantitative estimate of drug-likeness (QED) is 0.770. The zero-order chi connectivity index (χ0) is 15.1. The molecule has 0 saturated carbocycles. The number of nitrogens with one attached hydrogen (secondary N) is 1. The Kier molecular flexibility index (Phi) is 5.58. The Labute approximate surface area is 124 Å². The highest BCUT2D eigenvalue weighted by Gasteiger charge is 2.09. The molecule has 0 atom stereocenters. The van der Waals surface area contributed by atoms with Gasteiger partial charge in [0, 0.05) is 12.1 Å². The fourth-order valence-corrected chi connectivity index (χ4v) is 2.21. The summed E-state index contributed by atoms with van der Waals surface area (Å²) >= 11 is 0. The number of aliphatic hydroxyl groups excluding tert-OH is 1. The van der Waals surface area contributed by atoms with Crippen molar-refractivity contribution in [2.45, 2.75) is 26.4 Å². The molecule has 0 aliphatic carbocycles. The van der Waals surface area contributed by atoms with Crippen LogP contribution in [-0.4, -0.2) is 24.2 Å². The summed E-state index contributed by atoms with van der Waals surface area (Å²) in [7, 11) is 0. The normalized spacial score (nSPS) is 10.6. The first kappa shape index (κ1) is 15.3. The minimum Gasteiger partial charge on any atom is -0.483 e. The second-order valence-electron chi connectivity index (χ2n) is 4.91. The number of rotatable bonds is 7. The monoisotopic (exact) mass is 287 g/mol. The number of fused-ring (bicyclic) bond motifs is 1. The van der Waals surface area contributed by atoms with E-state index in [1.807, 2.05) is 30.3 Å². The Morgan fingerprint density at radius 3 is 2.81 bits per heavy atom. The molecule has 0 aromatic heterocycles. The van der Waals surface area contributed by atoms with Crippen LogP contribution in [0, 0.1) is 0 Å². The van der Waals surface area contributed by atoms with Crippen LogP contribution in [0.4, 0.5) is 0 Å². The fourth-order valence-electron chi connectivity index (χ4n) is 2.21. The zero-order valence-corrected chi connectivity index (χ0v) is 12.3. The first-order valence-corrected chi connectivity index (χ1v) is 7.27. The fraction of sp³-hybridized carbons (Fsp3) is 0.353. The van der Waals surface area contributed by atoms with E-state index in [4.69, 9.17) is 4.74 Å². The molecule has 2 aromatic carbocycles. The molecule has 0 saturated heterocycles. The first-order valence-electron chi connectivity index (χ1n) is 7.27. The SMILES string of the molecule is CCCCNC(=O)COc1ccc2ccccc2c1CO. The van der Waals surface area contributed by atoms with Gasteiger partial charge in [-0.3, -0.25) is 4.79 Å². The lowest BCUT2D eigenvalue weighted by atomic mass is 10.0. The van der Waals surface area contributed by atoms with Gasteiger partial charge in [0.05, 0.1) is 6.61 Å². The Morgan fingerprint density at radius 1 is 1.24 bits per heavy atom. The summed E-state index contributed by atoms with van der Waals surface area (Å²) in [6.45, 7) is 2.59. The van der Waals surface area contributed by atoms with Crippen LogP contribution in [0.1, 0.15) is 25.3 Å². The molecule has 2 aromatic rings. The number of ether oxygens (including phenoxy) is 1. The van der Waals surface area contributed by atoms with Crippen molar-refractivity contribution in [3.63, 3.8) is 0 Å². The minimum atomic E-state index is -0.138. The molecular weight excluding hydrogens is 266 g/mol. The van der Waals surface area contributed by atoms with E-state index in [9.17, 15) is 9.90 Å². The van der Waals surface area contributed by atoms with Crippen molar-refractivity contribution in [1.82, 2.24) is 5.32 Å². The molecule has 4 nitrogen and oxygen atoms in total. The van der Waals surface area contributed by atoms with Crippen LogP contribution in [0.2, 0.25) is 0 Å². The van der Waals surface area contributed by atoms with Crippen LogP contribution < -0.4 is 10.1 Å². The molecule has 0 bridgehead atoms. The maximum absolute atomic E-state index is 11.7. The van der Waals surface area contributed by atoms with Crippen molar-refractivity contribution in [3.05, 3.63) is 42.0 Å². The van der Waals surface area contributed by atoms with Crippen molar-refractivity contribution < 1.29 is 14.6 Å². The van der Waals surface area contributed by atoms with Gasteiger partial charge in [0.2, 0.25) is 0 Å². The Bertz CT molecular complexity index is 610. The highest BCUT2D eigenvalue weighted by Crippen LogP contribution is 2.28. The molecule has 21 heavy (non-hydrogen) atoms. The van der Waals surface area contributed by atoms with Crippen LogP contribution in [0.15, 0.2) is 36.4 Å². The summed E-state index contributed by atoms with van der Waals surface area (Å²) in [6, 6.07) is 11.5. The molecule has 0 spiro atoms.